The fourth-order valence-corrected chi connectivity index (χ4v) is 4.62. The molecular weight excluding hydrogens is 456 g/mol. The van der Waals surface area contributed by atoms with Gasteiger partial charge in [-0.05, 0) is 70.2 Å². The topological polar surface area (TPSA) is 59.7 Å². The van der Waals surface area contributed by atoms with E-state index < -0.39 is 0 Å². The SMILES string of the molecule is COc1ccc(-c2cccc3c2CCN(C(=O)c2cc4ccc(Br)cn4n2)C3C)cn1. The van der Waals surface area contributed by atoms with Crippen LogP contribution in [0.15, 0.2) is 65.4 Å². The molecule has 1 unspecified atom stereocenters. The van der Waals surface area contributed by atoms with Gasteiger partial charge in [0.05, 0.1) is 18.7 Å². The molecule has 3 aromatic heterocycles. The van der Waals surface area contributed by atoms with Crippen molar-refractivity contribution in [2.24, 2.45) is 0 Å². The van der Waals surface area contributed by atoms with Crippen molar-refractivity contribution < 1.29 is 9.53 Å². The molecule has 0 fully saturated rings. The van der Waals surface area contributed by atoms with Crippen LogP contribution in [0.3, 0.4) is 0 Å². The first-order chi connectivity index (χ1) is 15.0. The van der Waals surface area contributed by atoms with Crippen LogP contribution in [0.4, 0.5) is 0 Å². The monoisotopic (exact) mass is 476 g/mol. The molecule has 1 amide bonds. The van der Waals surface area contributed by atoms with Crippen LogP contribution in [0.2, 0.25) is 0 Å². The third-order valence-electron chi connectivity index (χ3n) is 5.89. The predicted octanol–water partition coefficient (Wildman–Crippen LogP) is 4.93. The molecule has 1 aliphatic rings. The van der Waals surface area contributed by atoms with Gasteiger partial charge in [0, 0.05) is 35.0 Å². The van der Waals surface area contributed by atoms with E-state index >= 15 is 0 Å². The molecule has 7 heteroatoms. The van der Waals surface area contributed by atoms with E-state index in [1.807, 2.05) is 53.7 Å². The van der Waals surface area contributed by atoms with Crippen molar-refractivity contribution in [1.29, 1.82) is 0 Å². The second-order valence-electron chi connectivity index (χ2n) is 7.63. The number of aromatic nitrogens is 3. The Morgan fingerprint density at radius 1 is 1.19 bits per heavy atom. The van der Waals surface area contributed by atoms with Crippen molar-refractivity contribution in [3.8, 4) is 17.0 Å². The maximum absolute atomic E-state index is 13.3. The average Bonchev–Trinajstić information content (AvgIpc) is 3.22. The molecule has 4 aromatic rings. The van der Waals surface area contributed by atoms with E-state index in [1.54, 1.807) is 11.6 Å². The summed E-state index contributed by atoms with van der Waals surface area (Å²) in [5.41, 5.74) is 6.00. The number of methoxy groups -OCH3 is 1. The fourth-order valence-electron chi connectivity index (χ4n) is 4.29. The van der Waals surface area contributed by atoms with Gasteiger partial charge in [-0.25, -0.2) is 9.50 Å². The van der Waals surface area contributed by atoms with E-state index in [9.17, 15) is 4.79 Å². The highest BCUT2D eigenvalue weighted by molar-refractivity contribution is 9.10. The largest absolute Gasteiger partial charge is 0.481 e. The minimum absolute atomic E-state index is 0.0426. The van der Waals surface area contributed by atoms with Crippen molar-refractivity contribution >= 4 is 27.4 Å². The van der Waals surface area contributed by atoms with Gasteiger partial charge in [0.15, 0.2) is 5.69 Å². The molecule has 0 N–H and O–H groups in total. The molecule has 6 nitrogen and oxygen atoms in total. The van der Waals surface area contributed by atoms with Crippen molar-refractivity contribution in [2.75, 3.05) is 13.7 Å². The van der Waals surface area contributed by atoms with E-state index in [2.05, 4.69) is 45.1 Å². The lowest BCUT2D eigenvalue weighted by Gasteiger charge is -2.36. The number of halogens is 1. The van der Waals surface area contributed by atoms with Crippen LogP contribution in [0.1, 0.15) is 34.6 Å². The fraction of sp³-hybridized carbons (Fsp3) is 0.208. The van der Waals surface area contributed by atoms with E-state index in [1.165, 1.54) is 11.1 Å². The van der Waals surface area contributed by atoms with Gasteiger partial charge < -0.3 is 9.64 Å². The molecule has 5 rings (SSSR count). The number of fused-ring (bicyclic) bond motifs is 2. The number of carbonyl (C=O) groups excluding carboxylic acids is 1. The summed E-state index contributed by atoms with van der Waals surface area (Å²) in [7, 11) is 1.61. The first-order valence-electron chi connectivity index (χ1n) is 10.1. The highest BCUT2D eigenvalue weighted by Crippen LogP contribution is 2.36. The second-order valence-corrected chi connectivity index (χ2v) is 8.55. The van der Waals surface area contributed by atoms with Crippen LogP contribution in [0.25, 0.3) is 16.6 Å². The lowest BCUT2D eigenvalue weighted by molar-refractivity contribution is 0.0671. The van der Waals surface area contributed by atoms with E-state index in [0.717, 1.165) is 27.5 Å². The van der Waals surface area contributed by atoms with Crippen molar-refractivity contribution in [2.45, 2.75) is 19.4 Å². The number of hydrogen-bond donors (Lipinski definition) is 0. The molecule has 0 aliphatic carbocycles. The average molecular weight is 477 g/mol. The molecule has 0 spiro atoms. The van der Waals surface area contributed by atoms with Gasteiger partial charge in [-0.2, -0.15) is 5.10 Å². The zero-order valence-electron chi connectivity index (χ0n) is 17.2. The molecule has 1 aromatic carbocycles. The molecule has 156 valence electrons. The Labute approximate surface area is 188 Å². The summed E-state index contributed by atoms with van der Waals surface area (Å²) in [6.45, 7) is 2.73. The smallest absolute Gasteiger partial charge is 0.274 e. The Hall–Kier alpha value is -3.19. The third kappa shape index (κ3) is 3.49. The summed E-state index contributed by atoms with van der Waals surface area (Å²) in [6.07, 6.45) is 4.48. The van der Waals surface area contributed by atoms with Crippen molar-refractivity contribution in [3.63, 3.8) is 0 Å². The van der Waals surface area contributed by atoms with E-state index in [-0.39, 0.29) is 11.9 Å². The summed E-state index contributed by atoms with van der Waals surface area (Å²) in [5, 5.41) is 4.50. The van der Waals surface area contributed by atoms with Crippen LogP contribution in [0.5, 0.6) is 5.88 Å². The second kappa shape index (κ2) is 7.81. The van der Waals surface area contributed by atoms with Gasteiger partial charge in [0.25, 0.3) is 5.91 Å². The van der Waals surface area contributed by atoms with Crippen LogP contribution < -0.4 is 4.74 Å². The van der Waals surface area contributed by atoms with Crippen molar-refractivity contribution in [1.82, 2.24) is 19.5 Å². The van der Waals surface area contributed by atoms with E-state index in [4.69, 9.17) is 4.74 Å². The first kappa shape index (κ1) is 19.8. The van der Waals surface area contributed by atoms with Crippen LogP contribution >= 0.6 is 15.9 Å². The van der Waals surface area contributed by atoms with Gasteiger partial charge >= 0.3 is 0 Å². The van der Waals surface area contributed by atoms with Gasteiger partial charge in [-0.1, -0.05) is 18.2 Å². The maximum Gasteiger partial charge on any atom is 0.274 e. The molecule has 0 saturated heterocycles. The van der Waals surface area contributed by atoms with Gasteiger partial charge in [0.2, 0.25) is 5.88 Å². The maximum atomic E-state index is 13.3. The lowest BCUT2D eigenvalue weighted by atomic mass is 9.87. The van der Waals surface area contributed by atoms with Crippen LogP contribution in [0, 0.1) is 0 Å². The highest BCUT2D eigenvalue weighted by Gasteiger charge is 2.31. The number of carbonyl (C=O) groups is 1. The number of amides is 1. The molecule has 0 radical (unpaired) electrons. The quantitative estimate of drug-likeness (QED) is 0.420. The molecular formula is C24H21BrN4O2. The van der Waals surface area contributed by atoms with Crippen LogP contribution in [-0.4, -0.2) is 39.1 Å². The minimum Gasteiger partial charge on any atom is -0.481 e. The minimum atomic E-state index is -0.0468. The zero-order valence-corrected chi connectivity index (χ0v) is 18.8. The Bertz CT molecular complexity index is 1280. The van der Waals surface area contributed by atoms with Gasteiger partial charge in [-0.15, -0.1) is 0 Å². The summed E-state index contributed by atoms with van der Waals surface area (Å²) in [6, 6.07) is 15.9. The van der Waals surface area contributed by atoms with Gasteiger partial charge in [0.1, 0.15) is 0 Å². The standard InChI is InChI=1S/C24H21BrN4O2/c1-15-19-4-3-5-20(16-6-9-23(31-2)26-13-16)21(19)10-11-28(15)24(30)22-12-18-8-7-17(25)14-29(18)27-22/h3-9,12-15H,10-11H2,1-2H3. The molecule has 0 bridgehead atoms. The third-order valence-corrected chi connectivity index (χ3v) is 6.36. The molecule has 0 saturated carbocycles. The predicted molar refractivity (Wildman–Crippen MR) is 122 cm³/mol. The normalized spacial score (nSPS) is 15.7. The summed E-state index contributed by atoms with van der Waals surface area (Å²) >= 11 is 3.45. The Morgan fingerprint density at radius 3 is 2.84 bits per heavy atom. The number of ether oxygens (including phenoxy) is 1. The highest BCUT2D eigenvalue weighted by atomic mass is 79.9. The summed E-state index contributed by atoms with van der Waals surface area (Å²) in [5.74, 6) is 0.549. The number of nitrogens with zero attached hydrogens (tertiary/aromatic N) is 4. The molecule has 4 heterocycles. The first-order valence-corrected chi connectivity index (χ1v) is 10.9. The molecule has 1 atom stereocenters. The zero-order chi connectivity index (χ0) is 21.5. The number of rotatable bonds is 3. The van der Waals surface area contributed by atoms with E-state index in [0.29, 0.717) is 18.1 Å². The summed E-state index contributed by atoms with van der Waals surface area (Å²) < 4.78 is 7.83. The van der Waals surface area contributed by atoms with Crippen LogP contribution in [-0.2, 0) is 6.42 Å². The number of hydrogen-bond acceptors (Lipinski definition) is 4. The number of benzene rings is 1. The molecule has 1 aliphatic heterocycles. The van der Waals surface area contributed by atoms with Gasteiger partial charge in [-0.3, -0.25) is 4.79 Å². The Balaban J connectivity index is 1.47. The summed E-state index contributed by atoms with van der Waals surface area (Å²) in [4.78, 5) is 19.6. The molecule has 31 heavy (non-hydrogen) atoms. The Kier molecular flexibility index (Phi) is 4.98. The van der Waals surface area contributed by atoms with Crippen molar-refractivity contribution in [3.05, 3.63) is 82.2 Å². The lowest BCUT2D eigenvalue weighted by Crippen LogP contribution is -2.39. The number of pyridine rings is 2. The Morgan fingerprint density at radius 2 is 2.06 bits per heavy atom.